The lowest BCUT2D eigenvalue weighted by molar-refractivity contribution is -0.122. The third kappa shape index (κ3) is 8.38. The molecule has 6 rings (SSSR count). The fourth-order valence-corrected chi connectivity index (χ4v) is 7.81. The molecule has 48 heavy (non-hydrogen) atoms. The highest BCUT2D eigenvalue weighted by molar-refractivity contribution is 7.20. The topological polar surface area (TPSA) is 139 Å². The fourth-order valence-electron chi connectivity index (χ4n) is 6.87. The summed E-state index contributed by atoms with van der Waals surface area (Å²) >= 11 is 1.47. The number of H-pyrrole nitrogens is 1. The van der Waals surface area contributed by atoms with Crippen LogP contribution in [-0.2, 0) is 17.6 Å². The van der Waals surface area contributed by atoms with Crippen molar-refractivity contribution in [3.05, 3.63) is 86.8 Å². The van der Waals surface area contributed by atoms with E-state index < -0.39 is 0 Å². The zero-order valence-corrected chi connectivity index (χ0v) is 29.2. The minimum absolute atomic E-state index is 0.0918. The molecular weight excluding hydrogens is 627 g/mol. The molecule has 2 aliphatic rings. The molecule has 1 aliphatic heterocycles. The van der Waals surface area contributed by atoms with Gasteiger partial charge in [-0.05, 0) is 91.6 Å². The second-order valence-corrected chi connectivity index (χ2v) is 15.3. The molecule has 1 saturated heterocycles. The van der Waals surface area contributed by atoms with E-state index in [2.05, 4.69) is 59.1 Å². The lowest BCUT2D eigenvalue weighted by Gasteiger charge is -2.34. The Morgan fingerprint density at radius 1 is 1.15 bits per heavy atom. The van der Waals surface area contributed by atoms with Crippen LogP contribution in [0.3, 0.4) is 0 Å². The van der Waals surface area contributed by atoms with Gasteiger partial charge in [-0.15, -0.1) is 11.3 Å². The van der Waals surface area contributed by atoms with Crippen molar-refractivity contribution in [2.45, 2.75) is 64.6 Å². The minimum atomic E-state index is -0.389. The Morgan fingerprint density at radius 3 is 2.48 bits per heavy atom. The van der Waals surface area contributed by atoms with Crippen LogP contribution in [0, 0.1) is 11.3 Å². The molecule has 1 amide bonds. The number of amides is 1. The molecule has 0 radical (unpaired) electrons. The summed E-state index contributed by atoms with van der Waals surface area (Å²) in [5.74, 6) is 0.539. The van der Waals surface area contributed by atoms with Crippen molar-refractivity contribution in [3.63, 3.8) is 0 Å². The van der Waals surface area contributed by atoms with E-state index >= 15 is 0 Å². The Morgan fingerprint density at radius 2 is 1.85 bits per heavy atom. The zero-order chi connectivity index (χ0) is 34.6. The van der Waals surface area contributed by atoms with Crippen molar-refractivity contribution >= 4 is 33.9 Å². The summed E-state index contributed by atoms with van der Waals surface area (Å²) < 4.78 is 0. The first kappa shape index (κ1) is 35.4. The number of aliphatic hydroxyl groups is 1. The van der Waals surface area contributed by atoms with Gasteiger partial charge in [0.1, 0.15) is 4.83 Å². The molecule has 256 valence electrons. The van der Waals surface area contributed by atoms with Gasteiger partial charge in [0.2, 0.25) is 5.56 Å². The third-order valence-electron chi connectivity index (χ3n) is 9.79. The molecule has 1 fully saturated rings. The first-order chi connectivity index (χ1) is 22.9. The number of carbonyl (C=O) groups is 2. The van der Waals surface area contributed by atoms with E-state index in [0.29, 0.717) is 23.8 Å². The van der Waals surface area contributed by atoms with E-state index in [9.17, 15) is 14.7 Å². The van der Waals surface area contributed by atoms with Gasteiger partial charge in [0.05, 0.1) is 17.0 Å². The van der Waals surface area contributed by atoms with Crippen molar-refractivity contribution in [2.24, 2.45) is 11.3 Å². The van der Waals surface area contributed by atoms with Crippen molar-refractivity contribution in [1.29, 1.82) is 0 Å². The summed E-state index contributed by atoms with van der Waals surface area (Å²) in [6.07, 6.45) is 5.22. The number of carboxylic acid groups (broad SMARTS) is 1. The van der Waals surface area contributed by atoms with Crippen LogP contribution in [0.15, 0.2) is 59.5 Å². The lowest BCUT2D eigenvalue weighted by atomic mass is 9.71. The van der Waals surface area contributed by atoms with Gasteiger partial charge in [0.25, 0.3) is 12.4 Å². The van der Waals surface area contributed by atoms with Gasteiger partial charge in [0.15, 0.2) is 0 Å². The molecule has 3 aromatic heterocycles. The Bertz CT molecular complexity index is 1760. The number of nitrogens with one attached hydrogen (secondary N) is 2. The molecule has 1 aromatic carbocycles. The van der Waals surface area contributed by atoms with Crippen LogP contribution in [-0.4, -0.2) is 88.2 Å². The number of fused-ring (bicyclic) bond motifs is 2. The predicted molar refractivity (Wildman–Crippen MR) is 191 cm³/mol. The highest BCUT2D eigenvalue weighted by Crippen LogP contribution is 2.38. The van der Waals surface area contributed by atoms with E-state index in [1.54, 1.807) is 6.20 Å². The molecule has 0 unspecified atom stereocenters. The summed E-state index contributed by atoms with van der Waals surface area (Å²) in [5.41, 5.74) is 5.57. The normalized spacial score (nSPS) is 20.2. The second-order valence-electron chi connectivity index (χ2n) is 14.2. The van der Waals surface area contributed by atoms with Crippen LogP contribution in [0.4, 0.5) is 0 Å². The Hall–Kier alpha value is -3.90. The van der Waals surface area contributed by atoms with Gasteiger partial charge in [-0.25, -0.2) is 4.98 Å². The van der Waals surface area contributed by atoms with E-state index in [-0.39, 0.29) is 41.5 Å². The highest BCUT2D eigenvalue weighted by Gasteiger charge is 2.33. The number of pyridine rings is 2. The van der Waals surface area contributed by atoms with Crippen LogP contribution in [0.1, 0.15) is 66.1 Å². The summed E-state index contributed by atoms with van der Waals surface area (Å²) in [6.45, 7) is 8.88. The average molecular weight is 674 g/mol. The minimum Gasteiger partial charge on any atom is -0.483 e. The number of likely N-dealkylation sites (tertiary alicyclic amines) is 1. The molecule has 0 bridgehead atoms. The number of β-amino-alcohol motifs (C(OH)–C–C–N with tert-alkyl or cyclic N) is 1. The smallest absolute Gasteiger partial charge is 0.290 e. The SMILES string of the molecule is CN(C)[C@H]1CN(CC[C@@H](NC(=O)c2cc3cc4c(nc3s2)CC[C@H](C(C)(C)C)C4)c2ccc(-c3ccc(=O)[nH]c3)cc2)C[C@@H]1O.O=CO. The number of carbonyl (C=O) groups excluding carboxylic acids is 1. The maximum atomic E-state index is 13.8. The Labute approximate surface area is 285 Å². The van der Waals surface area contributed by atoms with Gasteiger partial charge in [-0.1, -0.05) is 45.0 Å². The summed E-state index contributed by atoms with van der Waals surface area (Å²) in [5, 5.41) is 21.9. The number of likely N-dealkylation sites (N-methyl/N-ethyl adjacent to an activating group) is 1. The molecule has 1 aliphatic carbocycles. The van der Waals surface area contributed by atoms with Gasteiger partial charge in [0, 0.05) is 49.0 Å². The molecular formula is C37H47N5O5S. The quantitative estimate of drug-likeness (QED) is 0.193. The zero-order valence-electron chi connectivity index (χ0n) is 28.4. The molecule has 4 N–H and O–H groups in total. The number of benzene rings is 1. The van der Waals surface area contributed by atoms with E-state index in [4.69, 9.17) is 14.9 Å². The summed E-state index contributed by atoms with van der Waals surface area (Å²) in [7, 11) is 4.01. The number of nitrogens with zero attached hydrogens (tertiary/aromatic N) is 3. The number of hydrogen-bond donors (Lipinski definition) is 4. The largest absolute Gasteiger partial charge is 0.483 e. The van der Waals surface area contributed by atoms with Crippen LogP contribution in [0.5, 0.6) is 0 Å². The van der Waals surface area contributed by atoms with Gasteiger partial charge in [-0.2, -0.15) is 0 Å². The van der Waals surface area contributed by atoms with Crippen LogP contribution in [0.25, 0.3) is 21.3 Å². The number of aliphatic hydroxyl groups excluding tert-OH is 1. The first-order valence-corrected chi connectivity index (χ1v) is 17.3. The van der Waals surface area contributed by atoms with E-state index in [1.807, 2.05) is 38.4 Å². The van der Waals surface area contributed by atoms with Gasteiger partial charge >= 0.3 is 0 Å². The van der Waals surface area contributed by atoms with Crippen LogP contribution >= 0.6 is 11.3 Å². The number of aromatic nitrogens is 2. The standard InChI is InChI=1S/C36H45N5O3S.CH2O2/c1-36(2,3)27-11-12-28-25(17-27)16-26-18-32(45-35(26)39-28)34(44)38-29(14-15-41-20-30(40(4)5)31(42)21-41)23-8-6-22(7-9-23)24-10-13-33(43)37-19-24;2-1-3/h6-10,13,16,18-19,27,29-31,42H,11-12,14-15,17,20-21H2,1-5H3,(H,37,43)(H,38,44);1H,(H,2,3)/t27-,29+,30-,31-;/m0./s1. The van der Waals surface area contributed by atoms with Crippen LogP contribution < -0.4 is 10.9 Å². The second kappa shape index (κ2) is 15.1. The summed E-state index contributed by atoms with van der Waals surface area (Å²) in [4.78, 5) is 47.4. The Balaban J connectivity index is 0.00000145. The monoisotopic (exact) mass is 673 g/mol. The van der Waals surface area contributed by atoms with Gasteiger partial charge < -0.3 is 25.4 Å². The third-order valence-corrected chi connectivity index (χ3v) is 10.8. The number of rotatable bonds is 8. The predicted octanol–water partition coefficient (Wildman–Crippen LogP) is 4.97. The van der Waals surface area contributed by atoms with Crippen molar-refractivity contribution in [2.75, 3.05) is 33.7 Å². The summed E-state index contributed by atoms with van der Waals surface area (Å²) in [6, 6.07) is 15.7. The number of aromatic amines is 1. The first-order valence-electron chi connectivity index (χ1n) is 16.5. The molecule has 0 spiro atoms. The Kier molecular flexibility index (Phi) is 11.1. The lowest BCUT2D eigenvalue weighted by Crippen LogP contribution is -2.38. The molecule has 4 heterocycles. The van der Waals surface area contributed by atoms with Crippen molar-refractivity contribution in [3.8, 4) is 11.1 Å². The average Bonchev–Trinajstić information content (AvgIpc) is 3.64. The molecule has 4 aromatic rings. The molecule has 10 nitrogen and oxygen atoms in total. The van der Waals surface area contributed by atoms with Crippen LogP contribution in [0.2, 0.25) is 0 Å². The molecule has 4 atom stereocenters. The van der Waals surface area contributed by atoms with E-state index in [0.717, 1.165) is 59.3 Å². The maximum absolute atomic E-state index is 13.8. The van der Waals surface area contributed by atoms with Gasteiger partial charge in [-0.3, -0.25) is 19.3 Å². The molecule has 11 heteroatoms. The highest BCUT2D eigenvalue weighted by atomic mass is 32.1. The van der Waals surface area contributed by atoms with Crippen molar-refractivity contribution < 1.29 is 19.8 Å². The fraction of sp³-hybridized carbons (Fsp3) is 0.459. The number of thiophene rings is 1. The van der Waals surface area contributed by atoms with E-state index in [1.165, 1.54) is 28.7 Å². The number of hydrogen-bond acceptors (Lipinski definition) is 8. The maximum Gasteiger partial charge on any atom is 0.290 e. The van der Waals surface area contributed by atoms with Crippen molar-refractivity contribution in [1.82, 2.24) is 25.1 Å². The number of aryl methyl sites for hydroxylation is 1. The molecule has 0 saturated carbocycles.